The summed E-state index contributed by atoms with van der Waals surface area (Å²) in [6, 6.07) is 1.74. The van der Waals surface area contributed by atoms with Crippen LogP contribution in [-0.2, 0) is 0 Å². The van der Waals surface area contributed by atoms with Crippen molar-refractivity contribution < 1.29 is 0 Å². The molecule has 0 radical (unpaired) electrons. The van der Waals surface area contributed by atoms with Crippen LogP contribution < -0.4 is 5.32 Å². The van der Waals surface area contributed by atoms with Crippen LogP contribution in [0, 0.1) is 11.8 Å². The van der Waals surface area contributed by atoms with Gasteiger partial charge in [-0.05, 0) is 13.0 Å². The first-order chi connectivity index (χ1) is 5.77. The van der Waals surface area contributed by atoms with E-state index in [2.05, 4.69) is 22.1 Å². The highest BCUT2D eigenvalue weighted by Crippen LogP contribution is 2.15. The Morgan fingerprint density at radius 3 is 2.92 bits per heavy atom. The van der Waals surface area contributed by atoms with E-state index in [0.717, 1.165) is 11.3 Å². The molecule has 2 nitrogen and oxygen atoms in total. The van der Waals surface area contributed by atoms with Crippen LogP contribution in [0.3, 0.4) is 0 Å². The zero-order chi connectivity index (χ0) is 8.97. The van der Waals surface area contributed by atoms with Crippen LogP contribution in [-0.4, -0.2) is 12.0 Å². The molecule has 0 aliphatic rings. The van der Waals surface area contributed by atoms with Crippen molar-refractivity contribution in [3.05, 3.63) is 23.0 Å². The molecule has 3 heteroatoms. The van der Waals surface area contributed by atoms with Gasteiger partial charge in [-0.3, -0.25) is 0 Å². The lowest BCUT2D eigenvalue weighted by Gasteiger charge is -2.01. The maximum absolute atomic E-state index is 5.70. The summed E-state index contributed by atoms with van der Waals surface area (Å²) in [6.45, 7) is 1.79. The van der Waals surface area contributed by atoms with Gasteiger partial charge in [0.1, 0.15) is 5.15 Å². The number of hydrogen-bond acceptors (Lipinski definition) is 2. The van der Waals surface area contributed by atoms with E-state index in [0.29, 0.717) is 5.15 Å². The third-order valence-corrected chi connectivity index (χ3v) is 1.61. The Morgan fingerprint density at radius 1 is 1.58 bits per heavy atom. The fourth-order valence-electron chi connectivity index (χ4n) is 0.867. The molecular formula is C9H9ClN2. The number of pyridine rings is 1. The molecule has 0 bridgehead atoms. The highest BCUT2D eigenvalue weighted by molar-refractivity contribution is 6.29. The second-order valence-corrected chi connectivity index (χ2v) is 2.56. The van der Waals surface area contributed by atoms with Crippen molar-refractivity contribution in [3.8, 4) is 11.8 Å². The third-order valence-electron chi connectivity index (χ3n) is 1.40. The second kappa shape index (κ2) is 3.99. The normalized spacial score (nSPS) is 8.58. The Bertz CT molecular complexity index is 336. The Balaban J connectivity index is 3.18. The van der Waals surface area contributed by atoms with Gasteiger partial charge in [-0.15, -0.1) is 5.92 Å². The Morgan fingerprint density at radius 2 is 2.33 bits per heavy atom. The monoisotopic (exact) mass is 180 g/mol. The molecule has 0 aromatic carbocycles. The van der Waals surface area contributed by atoms with Gasteiger partial charge < -0.3 is 5.32 Å². The molecule has 1 N–H and O–H groups in total. The van der Waals surface area contributed by atoms with E-state index < -0.39 is 0 Å². The largest absolute Gasteiger partial charge is 0.386 e. The van der Waals surface area contributed by atoms with Crippen molar-refractivity contribution in [2.75, 3.05) is 12.4 Å². The average Bonchev–Trinajstić information content (AvgIpc) is 2.05. The maximum atomic E-state index is 5.70. The minimum atomic E-state index is 0.465. The van der Waals surface area contributed by atoms with Crippen LogP contribution in [0.15, 0.2) is 12.3 Å². The van der Waals surface area contributed by atoms with Crippen LogP contribution in [0.5, 0.6) is 0 Å². The molecule has 0 aliphatic carbocycles. The van der Waals surface area contributed by atoms with Crippen molar-refractivity contribution in [1.29, 1.82) is 0 Å². The Kier molecular flexibility index (Phi) is 2.95. The predicted molar refractivity (Wildman–Crippen MR) is 51.3 cm³/mol. The average molecular weight is 181 g/mol. The van der Waals surface area contributed by atoms with Crippen molar-refractivity contribution >= 4 is 17.3 Å². The van der Waals surface area contributed by atoms with E-state index in [4.69, 9.17) is 11.6 Å². The second-order valence-electron chi connectivity index (χ2n) is 2.18. The molecule has 12 heavy (non-hydrogen) atoms. The minimum Gasteiger partial charge on any atom is -0.386 e. The van der Waals surface area contributed by atoms with Crippen LogP contribution >= 0.6 is 11.6 Å². The molecule has 1 aromatic rings. The molecule has 0 amide bonds. The maximum Gasteiger partial charge on any atom is 0.130 e. The molecule has 0 spiro atoms. The highest BCUT2D eigenvalue weighted by atomic mass is 35.5. The number of halogens is 1. The smallest absolute Gasteiger partial charge is 0.130 e. The molecule has 0 atom stereocenters. The van der Waals surface area contributed by atoms with Crippen LogP contribution in [0.2, 0.25) is 5.15 Å². The Hall–Kier alpha value is -1.20. The van der Waals surface area contributed by atoms with Crippen molar-refractivity contribution in [1.82, 2.24) is 4.98 Å². The van der Waals surface area contributed by atoms with Crippen LogP contribution in [0.1, 0.15) is 12.5 Å². The molecule has 0 fully saturated rings. The van der Waals surface area contributed by atoms with E-state index in [9.17, 15) is 0 Å². The van der Waals surface area contributed by atoms with Crippen molar-refractivity contribution in [2.45, 2.75) is 6.92 Å². The first-order valence-corrected chi connectivity index (χ1v) is 3.91. The van der Waals surface area contributed by atoms with E-state index in [1.54, 1.807) is 19.2 Å². The summed E-state index contributed by atoms with van der Waals surface area (Å²) in [4.78, 5) is 3.93. The molecule has 1 rings (SSSR count). The van der Waals surface area contributed by atoms with Gasteiger partial charge in [-0.25, -0.2) is 4.98 Å². The number of anilines is 1. The van der Waals surface area contributed by atoms with Crippen molar-refractivity contribution in [3.63, 3.8) is 0 Å². The molecule has 0 saturated heterocycles. The van der Waals surface area contributed by atoms with Gasteiger partial charge in [0.15, 0.2) is 0 Å². The highest BCUT2D eigenvalue weighted by Gasteiger charge is 1.98. The van der Waals surface area contributed by atoms with Gasteiger partial charge in [0, 0.05) is 7.05 Å². The van der Waals surface area contributed by atoms with Crippen molar-refractivity contribution in [2.24, 2.45) is 0 Å². The number of hydrogen-bond donors (Lipinski definition) is 1. The molecule has 0 aliphatic heterocycles. The molecule has 1 aromatic heterocycles. The standard InChI is InChI=1S/C9H9ClN2/c1-3-4-7-5-9(10)12-6-8(7)11-2/h5-6,11H,1-2H3. The number of rotatable bonds is 1. The zero-order valence-corrected chi connectivity index (χ0v) is 7.74. The zero-order valence-electron chi connectivity index (χ0n) is 6.98. The van der Waals surface area contributed by atoms with Gasteiger partial charge in [0.25, 0.3) is 0 Å². The lowest BCUT2D eigenvalue weighted by Crippen LogP contribution is -1.93. The molecule has 0 saturated carbocycles. The van der Waals surface area contributed by atoms with E-state index in [-0.39, 0.29) is 0 Å². The fraction of sp³-hybridized carbons (Fsp3) is 0.222. The van der Waals surface area contributed by atoms with Gasteiger partial charge in [0.05, 0.1) is 17.4 Å². The number of nitrogens with zero attached hydrogens (tertiary/aromatic N) is 1. The molecule has 1 heterocycles. The quantitative estimate of drug-likeness (QED) is 0.529. The van der Waals surface area contributed by atoms with Gasteiger partial charge in [0.2, 0.25) is 0 Å². The summed E-state index contributed by atoms with van der Waals surface area (Å²) in [6.07, 6.45) is 1.67. The predicted octanol–water partition coefficient (Wildman–Crippen LogP) is 2.15. The Labute approximate surface area is 77.0 Å². The van der Waals surface area contributed by atoms with E-state index >= 15 is 0 Å². The summed E-state index contributed by atoms with van der Waals surface area (Å²) in [7, 11) is 1.83. The third kappa shape index (κ3) is 1.90. The molecule has 0 unspecified atom stereocenters. The summed E-state index contributed by atoms with van der Waals surface area (Å²) in [5.74, 6) is 5.74. The molecule has 62 valence electrons. The van der Waals surface area contributed by atoms with E-state index in [1.807, 2.05) is 7.05 Å². The molecular weight excluding hydrogens is 172 g/mol. The minimum absolute atomic E-state index is 0.465. The van der Waals surface area contributed by atoms with Gasteiger partial charge in [-0.2, -0.15) is 0 Å². The summed E-state index contributed by atoms with van der Waals surface area (Å²) >= 11 is 5.70. The lowest BCUT2D eigenvalue weighted by atomic mass is 10.2. The lowest BCUT2D eigenvalue weighted by molar-refractivity contribution is 1.30. The van der Waals surface area contributed by atoms with Crippen LogP contribution in [0.4, 0.5) is 5.69 Å². The number of nitrogens with one attached hydrogen (secondary N) is 1. The first kappa shape index (κ1) is 8.89. The van der Waals surface area contributed by atoms with Gasteiger partial charge >= 0.3 is 0 Å². The summed E-state index contributed by atoms with van der Waals surface area (Å²) in [5.41, 5.74) is 1.77. The van der Waals surface area contributed by atoms with Gasteiger partial charge in [-0.1, -0.05) is 17.5 Å². The summed E-state index contributed by atoms with van der Waals surface area (Å²) < 4.78 is 0. The number of aromatic nitrogens is 1. The first-order valence-electron chi connectivity index (χ1n) is 3.54. The SMILES string of the molecule is CC#Cc1cc(Cl)ncc1NC. The van der Waals surface area contributed by atoms with E-state index in [1.165, 1.54) is 0 Å². The fourth-order valence-corrected chi connectivity index (χ4v) is 1.03. The topological polar surface area (TPSA) is 24.9 Å². The summed E-state index contributed by atoms with van der Waals surface area (Å²) in [5, 5.41) is 3.45. The van der Waals surface area contributed by atoms with Crippen LogP contribution in [0.25, 0.3) is 0 Å².